The van der Waals surface area contributed by atoms with Gasteiger partial charge in [0, 0.05) is 0 Å². The lowest BCUT2D eigenvalue weighted by Gasteiger charge is -2.07. The van der Waals surface area contributed by atoms with Gasteiger partial charge in [-0.1, -0.05) is 6.92 Å². The second-order valence-corrected chi connectivity index (χ2v) is 4.18. The van der Waals surface area contributed by atoms with Crippen LogP contribution in [0.5, 0.6) is 0 Å². The first-order valence-electron chi connectivity index (χ1n) is 4.90. The minimum atomic E-state index is 0.0550. The molecule has 0 spiro atoms. The Morgan fingerprint density at radius 1 is 1.42 bits per heavy atom. The maximum Gasteiger partial charge on any atom is 0.309 e. The molecule has 2 nitrogen and oxygen atoms in total. The summed E-state index contributed by atoms with van der Waals surface area (Å²) in [4.78, 5) is 11.3. The molecule has 2 rings (SSSR count). The normalized spacial score (nSPS) is 43.8. The van der Waals surface area contributed by atoms with Gasteiger partial charge in [-0.3, -0.25) is 4.79 Å². The number of hydrogen-bond acceptors (Lipinski definition) is 2. The van der Waals surface area contributed by atoms with E-state index >= 15 is 0 Å². The zero-order valence-electron chi connectivity index (χ0n) is 7.75. The fourth-order valence-electron chi connectivity index (χ4n) is 2.70. The van der Waals surface area contributed by atoms with Crippen LogP contribution in [-0.2, 0) is 9.53 Å². The van der Waals surface area contributed by atoms with Crippen molar-refractivity contribution in [3.8, 4) is 0 Å². The van der Waals surface area contributed by atoms with Gasteiger partial charge in [-0.15, -0.1) is 0 Å². The number of carbonyl (C=O) groups is 1. The first-order chi connectivity index (χ1) is 5.74. The van der Waals surface area contributed by atoms with E-state index in [0.29, 0.717) is 18.4 Å². The zero-order valence-corrected chi connectivity index (χ0v) is 7.75. The van der Waals surface area contributed by atoms with Crippen molar-refractivity contribution in [2.24, 2.45) is 23.7 Å². The van der Waals surface area contributed by atoms with E-state index < -0.39 is 0 Å². The van der Waals surface area contributed by atoms with E-state index in [2.05, 4.69) is 6.92 Å². The van der Waals surface area contributed by atoms with Crippen molar-refractivity contribution in [1.29, 1.82) is 0 Å². The molecule has 0 heterocycles. The van der Waals surface area contributed by atoms with Gasteiger partial charge in [-0.25, -0.2) is 0 Å². The summed E-state index contributed by atoms with van der Waals surface area (Å²) in [6.45, 7) is 4.68. The Kier molecular flexibility index (Phi) is 1.85. The van der Waals surface area contributed by atoms with Crippen LogP contribution in [0.4, 0.5) is 0 Å². The van der Waals surface area contributed by atoms with Crippen LogP contribution in [0.25, 0.3) is 0 Å². The summed E-state index contributed by atoms with van der Waals surface area (Å²) in [5, 5.41) is 0. The molecular formula is C10H16O2. The van der Waals surface area contributed by atoms with Crippen LogP contribution in [0, 0.1) is 23.7 Å². The van der Waals surface area contributed by atoms with Gasteiger partial charge in [-0.05, 0) is 37.5 Å². The highest BCUT2D eigenvalue weighted by atomic mass is 16.5. The lowest BCUT2D eigenvalue weighted by atomic mass is 10.0. The van der Waals surface area contributed by atoms with Crippen LogP contribution in [0.3, 0.4) is 0 Å². The zero-order chi connectivity index (χ0) is 8.72. The van der Waals surface area contributed by atoms with Crippen molar-refractivity contribution in [2.75, 3.05) is 6.61 Å². The summed E-state index contributed by atoms with van der Waals surface area (Å²) < 4.78 is 5.00. The second-order valence-electron chi connectivity index (χ2n) is 4.18. The highest BCUT2D eigenvalue weighted by molar-refractivity contribution is 5.76. The third-order valence-electron chi connectivity index (χ3n) is 3.24. The van der Waals surface area contributed by atoms with Crippen LogP contribution >= 0.6 is 0 Å². The van der Waals surface area contributed by atoms with Crippen LogP contribution in [0.2, 0.25) is 0 Å². The molecule has 0 aromatic heterocycles. The van der Waals surface area contributed by atoms with E-state index in [4.69, 9.17) is 4.74 Å². The summed E-state index contributed by atoms with van der Waals surface area (Å²) in [6, 6.07) is 0. The molecule has 2 unspecified atom stereocenters. The minimum absolute atomic E-state index is 0.0550. The lowest BCUT2D eigenvalue weighted by molar-refractivity contribution is -0.145. The maximum atomic E-state index is 11.3. The van der Waals surface area contributed by atoms with Gasteiger partial charge >= 0.3 is 5.97 Å². The maximum absolute atomic E-state index is 11.3. The predicted molar refractivity (Wildman–Crippen MR) is 45.5 cm³/mol. The lowest BCUT2D eigenvalue weighted by Crippen LogP contribution is -2.11. The Hall–Kier alpha value is -0.530. The molecule has 0 aliphatic heterocycles. The summed E-state index contributed by atoms with van der Waals surface area (Å²) in [5.74, 6) is 2.53. The Bertz CT molecular complexity index is 188. The van der Waals surface area contributed by atoms with Crippen LogP contribution in [0.15, 0.2) is 0 Å². The molecule has 12 heavy (non-hydrogen) atoms. The smallest absolute Gasteiger partial charge is 0.309 e. The number of fused-ring (bicyclic) bond motifs is 1. The average molecular weight is 168 g/mol. The SMILES string of the molecule is CCOC(=O)C1C2CC(C)CC21. The van der Waals surface area contributed by atoms with Crippen LogP contribution < -0.4 is 0 Å². The molecule has 0 radical (unpaired) electrons. The molecule has 2 aliphatic carbocycles. The summed E-state index contributed by atoms with van der Waals surface area (Å²) in [6.07, 6.45) is 2.49. The molecule has 0 aromatic rings. The molecule has 68 valence electrons. The fourth-order valence-corrected chi connectivity index (χ4v) is 2.70. The Morgan fingerprint density at radius 2 is 2.00 bits per heavy atom. The van der Waals surface area contributed by atoms with Gasteiger partial charge in [0.25, 0.3) is 0 Å². The van der Waals surface area contributed by atoms with Gasteiger partial charge in [0.05, 0.1) is 12.5 Å². The van der Waals surface area contributed by atoms with E-state index in [1.54, 1.807) is 0 Å². The number of esters is 1. The first-order valence-corrected chi connectivity index (χ1v) is 4.90. The molecule has 0 saturated heterocycles. The third-order valence-corrected chi connectivity index (χ3v) is 3.24. The molecule has 2 saturated carbocycles. The largest absolute Gasteiger partial charge is 0.466 e. The van der Waals surface area contributed by atoms with Crippen LogP contribution in [0.1, 0.15) is 26.7 Å². The van der Waals surface area contributed by atoms with Crippen LogP contribution in [-0.4, -0.2) is 12.6 Å². The minimum Gasteiger partial charge on any atom is -0.466 e. The molecule has 0 N–H and O–H groups in total. The molecule has 2 fully saturated rings. The van der Waals surface area contributed by atoms with Crippen molar-refractivity contribution in [3.63, 3.8) is 0 Å². The average Bonchev–Trinajstić information content (AvgIpc) is 2.51. The van der Waals surface area contributed by atoms with Gasteiger partial charge in [0.1, 0.15) is 0 Å². The van der Waals surface area contributed by atoms with Crippen molar-refractivity contribution < 1.29 is 9.53 Å². The van der Waals surface area contributed by atoms with Gasteiger partial charge in [0.15, 0.2) is 0 Å². The number of rotatable bonds is 2. The molecule has 0 amide bonds. The molecule has 0 aromatic carbocycles. The monoisotopic (exact) mass is 168 g/mol. The Labute approximate surface area is 73.3 Å². The molecule has 2 heteroatoms. The third kappa shape index (κ3) is 1.13. The van der Waals surface area contributed by atoms with Crippen molar-refractivity contribution >= 4 is 5.97 Å². The second kappa shape index (κ2) is 2.75. The first kappa shape index (κ1) is 8.09. The quantitative estimate of drug-likeness (QED) is 0.588. The molecular weight excluding hydrogens is 152 g/mol. The predicted octanol–water partition coefficient (Wildman–Crippen LogP) is 1.84. The topological polar surface area (TPSA) is 26.3 Å². The highest BCUT2D eigenvalue weighted by Gasteiger charge is 2.59. The fraction of sp³-hybridized carbons (Fsp3) is 0.900. The van der Waals surface area contributed by atoms with Gasteiger partial charge in [0.2, 0.25) is 0 Å². The molecule has 2 atom stereocenters. The number of hydrogen-bond donors (Lipinski definition) is 0. The number of ether oxygens (including phenoxy) is 1. The van der Waals surface area contributed by atoms with Gasteiger partial charge < -0.3 is 4.74 Å². The Morgan fingerprint density at radius 3 is 2.50 bits per heavy atom. The highest BCUT2D eigenvalue weighted by Crippen LogP contribution is 2.59. The number of carbonyl (C=O) groups excluding carboxylic acids is 1. The summed E-state index contributed by atoms with van der Waals surface area (Å²) in [5.41, 5.74) is 0. The van der Waals surface area contributed by atoms with Crippen molar-refractivity contribution in [3.05, 3.63) is 0 Å². The summed E-state index contributed by atoms with van der Waals surface area (Å²) in [7, 11) is 0. The van der Waals surface area contributed by atoms with Gasteiger partial charge in [-0.2, -0.15) is 0 Å². The van der Waals surface area contributed by atoms with E-state index in [1.807, 2.05) is 6.92 Å². The van der Waals surface area contributed by atoms with E-state index in [-0.39, 0.29) is 11.9 Å². The van der Waals surface area contributed by atoms with E-state index in [0.717, 1.165) is 5.92 Å². The summed E-state index contributed by atoms with van der Waals surface area (Å²) >= 11 is 0. The van der Waals surface area contributed by atoms with E-state index in [9.17, 15) is 4.79 Å². The van der Waals surface area contributed by atoms with Crippen molar-refractivity contribution in [2.45, 2.75) is 26.7 Å². The standard InChI is InChI=1S/C10H16O2/c1-3-12-10(11)9-7-4-6(2)5-8(7)9/h6-9H,3-5H2,1-2H3. The van der Waals surface area contributed by atoms with E-state index in [1.165, 1.54) is 12.8 Å². The molecule has 2 aliphatic rings. The molecule has 0 bridgehead atoms. The Balaban J connectivity index is 1.85. The van der Waals surface area contributed by atoms with Crippen molar-refractivity contribution in [1.82, 2.24) is 0 Å².